The fourth-order valence-corrected chi connectivity index (χ4v) is 4.11. The normalized spacial score (nSPS) is 15.8. The van der Waals surface area contributed by atoms with Crippen molar-refractivity contribution in [3.63, 3.8) is 0 Å². The van der Waals surface area contributed by atoms with Crippen LogP contribution in [0.2, 0.25) is 0 Å². The lowest BCUT2D eigenvalue weighted by Gasteiger charge is -2.14. The zero-order chi connectivity index (χ0) is 25.2. The van der Waals surface area contributed by atoms with E-state index in [9.17, 15) is 9.18 Å². The highest BCUT2D eigenvalue weighted by Crippen LogP contribution is 2.32. The van der Waals surface area contributed by atoms with E-state index in [1.165, 1.54) is 6.07 Å². The number of hydrogen-bond donors (Lipinski definition) is 2. The fourth-order valence-electron chi connectivity index (χ4n) is 4.11. The van der Waals surface area contributed by atoms with E-state index in [0.29, 0.717) is 46.0 Å². The van der Waals surface area contributed by atoms with Crippen LogP contribution >= 0.6 is 0 Å². The van der Waals surface area contributed by atoms with Gasteiger partial charge in [0.2, 0.25) is 0 Å². The number of oxime groups is 1. The van der Waals surface area contributed by atoms with Gasteiger partial charge in [-0.15, -0.1) is 0 Å². The van der Waals surface area contributed by atoms with Gasteiger partial charge < -0.3 is 10.2 Å². The third-order valence-corrected chi connectivity index (χ3v) is 6.00. The Hall–Kier alpha value is -4.40. The van der Waals surface area contributed by atoms with Gasteiger partial charge in [0.15, 0.2) is 11.9 Å². The van der Waals surface area contributed by atoms with E-state index in [2.05, 4.69) is 30.6 Å². The molecule has 36 heavy (non-hydrogen) atoms. The van der Waals surface area contributed by atoms with E-state index in [0.717, 1.165) is 11.3 Å². The third kappa shape index (κ3) is 4.86. The van der Waals surface area contributed by atoms with Crippen molar-refractivity contribution in [3.8, 4) is 11.1 Å². The maximum absolute atomic E-state index is 14.9. The van der Waals surface area contributed by atoms with E-state index in [1.54, 1.807) is 38.2 Å². The van der Waals surface area contributed by atoms with Crippen molar-refractivity contribution >= 4 is 11.6 Å². The van der Waals surface area contributed by atoms with Gasteiger partial charge in [-0.2, -0.15) is 5.10 Å². The van der Waals surface area contributed by atoms with Gasteiger partial charge in [0.05, 0.1) is 17.4 Å². The lowest BCUT2D eigenvalue weighted by atomic mass is 9.94. The Bertz CT molecular complexity index is 1450. The van der Waals surface area contributed by atoms with Crippen molar-refractivity contribution in [2.24, 2.45) is 5.16 Å². The fraction of sp³-hybridized carbons (Fsp3) is 0.222. The number of benzene rings is 2. The molecule has 2 N–H and O–H groups in total. The average Bonchev–Trinajstić information content (AvgIpc) is 3.54. The van der Waals surface area contributed by atoms with Crippen LogP contribution in [0.3, 0.4) is 0 Å². The first-order chi connectivity index (χ1) is 17.4. The first kappa shape index (κ1) is 23.3. The minimum Gasteiger partial charge on any atom is -0.385 e. The van der Waals surface area contributed by atoms with Crippen molar-refractivity contribution in [2.45, 2.75) is 39.3 Å². The van der Waals surface area contributed by atoms with Gasteiger partial charge in [0.25, 0.3) is 5.91 Å². The molecule has 1 amide bonds. The molecule has 3 heterocycles. The van der Waals surface area contributed by atoms with E-state index < -0.39 is 6.04 Å². The van der Waals surface area contributed by atoms with Gasteiger partial charge in [-0.25, -0.2) is 9.37 Å². The Kier molecular flexibility index (Phi) is 6.28. The van der Waals surface area contributed by atoms with E-state index in [1.807, 2.05) is 37.3 Å². The predicted octanol–water partition coefficient (Wildman–Crippen LogP) is 4.98. The molecule has 0 bridgehead atoms. The number of carbonyl (C=O) groups is 1. The number of halogens is 1. The minimum absolute atomic E-state index is 0.327. The van der Waals surface area contributed by atoms with Crippen LogP contribution in [0.25, 0.3) is 11.1 Å². The molecule has 2 aromatic carbocycles. The molecule has 2 unspecified atom stereocenters. The van der Waals surface area contributed by atoms with Crippen LogP contribution in [0, 0.1) is 19.7 Å². The molecule has 1 aliphatic heterocycles. The second kappa shape index (κ2) is 9.69. The molecule has 0 spiro atoms. The second-order valence-corrected chi connectivity index (χ2v) is 8.85. The van der Waals surface area contributed by atoms with Gasteiger partial charge >= 0.3 is 0 Å². The molecule has 2 atom stereocenters. The van der Waals surface area contributed by atoms with Gasteiger partial charge in [-0.05, 0) is 68.3 Å². The molecule has 2 aromatic heterocycles. The summed E-state index contributed by atoms with van der Waals surface area (Å²) in [7, 11) is 0. The highest BCUT2D eigenvalue weighted by atomic mass is 19.1. The van der Waals surface area contributed by atoms with Gasteiger partial charge in [-0.1, -0.05) is 23.4 Å². The zero-order valence-corrected chi connectivity index (χ0v) is 20.1. The molecule has 0 aliphatic carbocycles. The molecule has 0 fully saturated rings. The number of carbonyl (C=O) groups excluding carboxylic acids is 1. The van der Waals surface area contributed by atoms with Crippen LogP contribution in [0.4, 0.5) is 4.39 Å². The van der Waals surface area contributed by atoms with Crippen molar-refractivity contribution in [2.75, 3.05) is 0 Å². The highest BCUT2D eigenvalue weighted by molar-refractivity contribution is 6.05. The first-order valence-electron chi connectivity index (χ1n) is 11.6. The van der Waals surface area contributed by atoms with Crippen LogP contribution in [-0.4, -0.2) is 31.8 Å². The Morgan fingerprint density at radius 1 is 1.14 bits per heavy atom. The summed E-state index contributed by atoms with van der Waals surface area (Å²) in [5, 5.41) is 14.1. The maximum Gasteiger partial charge on any atom is 0.251 e. The molecule has 0 saturated heterocycles. The molecule has 9 heteroatoms. The molecule has 0 saturated carbocycles. The van der Waals surface area contributed by atoms with Crippen LogP contribution in [0.15, 0.2) is 65.9 Å². The molecule has 5 rings (SSSR count). The van der Waals surface area contributed by atoms with Crippen molar-refractivity contribution in [3.05, 3.63) is 101 Å². The summed E-state index contributed by atoms with van der Waals surface area (Å²) in [6, 6.07) is 15.5. The third-order valence-electron chi connectivity index (χ3n) is 6.00. The molecule has 182 valence electrons. The number of rotatable bonds is 6. The van der Waals surface area contributed by atoms with E-state index in [-0.39, 0.29) is 17.8 Å². The number of aromatic amines is 1. The number of aryl methyl sites for hydroxylation is 2. The maximum atomic E-state index is 14.9. The second-order valence-electron chi connectivity index (χ2n) is 8.85. The summed E-state index contributed by atoms with van der Waals surface area (Å²) in [6.45, 7) is 5.42. The Balaban J connectivity index is 1.49. The largest absolute Gasteiger partial charge is 0.385 e. The molecule has 4 aromatic rings. The molecule has 0 radical (unpaired) electrons. The summed E-state index contributed by atoms with van der Waals surface area (Å²) in [4.78, 5) is 27.5. The standard InChI is InChI=1S/C27H25FN6O2/c1-15-7-8-21(22(28)10-15)18-11-19(24-14-25(36-34-24)23-6-4-5-9-29-23)13-20(12-18)27(35)30-16(2)26-31-17(3)32-33-26/h4-13,16,25H,14H2,1-3H3,(H,30,35)(H,31,32,33). The van der Waals surface area contributed by atoms with Gasteiger partial charge in [-0.3, -0.25) is 14.9 Å². The zero-order valence-electron chi connectivity index (χ0n) is 20.1. The van der Waals surface area contributed by atoms with E-state index in [4.69, 9.17) is 4.84 Å². The average molecular weight is 485 g/mol. The highest BCUT2D eigenvalue weighted by Gasteiger charge is 2.26. The number of H-pyrrole nitrogens is 1. The van der Waals surface area contributed by atoms with Crippen molar-refractivity contribution in [1.29, 1.82) is 0 Å². The van der Waals surface area contributed by atoms with Crippen LogP contribution in [0.1, 0.15) is 64.3 Å². The number of nitrogens with zero attached hydrogens (tertiary/aromatic N) is 4. The van der Waals surface area contributed by atoms with E-state index >= 15 is 0 Å². The smallest absolute Gasteiger partial charge is 0.251 e. The predicted molar refractivity (Wildman–Crippen MR) is 133 cm³/mol. The molecule has 8 nitrogen and oxygen atoms in total. The van der Waals surface area contributed by atoms with Crippen molar-refractivity contribution < 1.29 is 14.0 Å². The lowest BCUT2D eigenvalue weighted by Crippen LogP contribution is -2.27. The summed E-state index contributed by atoms with van der Waals surface area (Å²) >= 11 is 0. The number of pyridine rings is 1. The van der Waals surface area contributed by atoms with Gasteiger partial charge in [0, 0.05) is 29.3 Å². The summed E-state index contributed by atoms with van der Waals surface area (Å²) in [6.07, 6.45) is 1.86. The Morgan fingerprint density at radius 2 is 1.97 bits per heavy atom. The number of hydrogen-bond acceptors (Lipinski definition) is 6. The molecule has 1 aliphatic rings. The summed E-state index contributed by atoms with van der Waals surface area (Å²) < 4.78 is 14.9. The number of amides is 1. The number of nitrogens with one attached hydrogen (secondary N) is 2. The number of aromatic nitrogens is 4. The SMILES string of the molecule is Cc1ccc(-c2cc(C(=O)NC(C)c3n[nH]c(C)n3)cc(C3=NOC(c4ccccn4)C3)c2)c(F)c1. The molecular weight excluding hydrogens is 459 g/mol. The lowest BCUT2D eigenvalue weighted by molar-refractivity contribution is 0.0826. The van der Waals surface area contributed by atoms with Crippen LogP contribution < -0.4 is 5.32 Å². The Labute approximate surface area is 207 Å². The van der Waals surface area contributed by atoms with Crippen LogP contribution in [0.5, 0.6) is 0 Å². The van der Waals surface area contributed by atoms with Crippen LogP contribution in [-0.2, 0) is 4.84 Å². The quantitative estimate of drug-likeness (QED) is 0.402. The Morgan fingerprint density at radius 3 is 2.69 bits per heavy atom. The minimum atomic E-state index is -0.425. The van der Waals surface area contributed by atoms with Crippen molar-refractivity contribution in [1.82, 2.24) is 25.5 Å². The summed E-state index contributed by atoms with van der Waals surface area (Å²) in [5.41, 5.74) is 4.25. The topological polar surface area (TPSA) is 105 Å². The first-order valence-corrected chi connectivity index (χ1v) is 11.6. The molecular formula is C27H25FN6O2. The summed E-state index contributed by atoms with van der Waals surface area (Å²) in [5.74, 6) is 0.445. The monoisotopic (exact) mass is 484 g/mol. The van der Waals surface area contributed by atoms with Gasteiger partial charge in [0.1, 0.15) is 11.6 Å².